The molecule has 7 nitrogen and oxygen atoms in total. The SMILES string of the molecule is CC(=O)N1C[C@@H]2C[C@@](N)(C(=O)O)[C@@H](CCCB3OC(C)(C)C(C)(C)O3)[C@@H]2C1. The molecule has 0 radical (unpaired) electrons. The molecule has 0 aromatic carbocycles. The quantitative estimate of drug-likeness (QED) is 0.705. The molecule has 2 heterocycles. The summed E-state index contributed by atoms with van der Waals surface area (Å²) < 4.78 is 12.1. The van der Waals surface area contributed by atoms with Gasteiger partial charge in [0, 0.05) is 20.0 Å². The van der Waals surface area contributed by atoms with Crippen molar-refractivity contribution in [3.8, 4) is 0 Å². The third kappa shape index (κ3) is 3.52. The van der Waals surface area contributed by atoms with Crippen LogP contribution >= 0.6 is 0 Å². The van der Waals surface area contributed by atoms with E-state index >= 15 is 0 Å². The third-order valence-corrected chi connectivity index (χ3v) is 7.37. The molecule has 3 aliphatic rings. The largest absolute Gasteiger partial charge is 0.480 e. The summed E-state index contributed by atoms with van der Waals surface area (Å²) in [7, 11) is -0.276. The van der Waals surface area contributed by atoms with Crippen LogP contribution in [0, 0.1) is 17.8 Å². The summed E-state index contributed by atoms with van der Waals surface area (Å²) in [6.07, 6.45) is 2.65. The van der Waals surface area contributed by atoms with Crippen molar-refractivity contribution < 1.29 is 24.0 Å². The lowest BCUT2D eigenvalue weighted by atomic mass is 9.75. The van der Waals surface area contributed by atoms with Gasteiger partial charge in [0.15, 0.2) is 0 Å². The van der Waals surface area contributed by atoms with Gasteiger partial charge in [0.2, 0.25) is 5.91 Å². The number of hydrogen-bond donors (Lipinski definition) is 2. The second-order valence-electron chi connectivity index (χ2n) is 9.62. The Bertz CT molecular complexity index is 609. The zero-order valence-corrected chi connectivity index (χ0v) is 17.2. The molecular formula is C19H33BN2O5. The van der Waals surface area contributed by atoms with E-state index < -0.39 is 11.5 Å². The van der Waals surface area contributed by atoms with Crippen LogP contribution in [0.3, 0.4) is 0 Å². The maximum absolute atomic E-state index is 11.9. The van der Waals surface area contributed by atoms with Gasteiger partial charge in [-0.3, -0.25) is 9.59 Å². The molecule has 4 atom stereocenters. The summed E-state index contributed by atoms with van der Waals surface area (Å²) >= 11 is 0. The predicted octanol–water partition coefficient (Wildman–Crippen LogP) is 1.76. The first-order chi connectivity index (χ1) is 12.4. The minimum atomic E-state index is -1.20. The zero-order valence-electron chi connectivity index (χ0n) is 17.2. The molecule has 0 aromatic heterocycles. The molecule has 1 aliphatic carbocycles. The summed E-state index contributed by atoms with van der Waals surface area (Å²) in [5, 5.41) is 9.77. The van der Waals surface area contributed by atoms with Gasteiger partial charge in [-0.1, -0.05) is 6.42 Å². The number of fused-ring (bicyclic) bond motifs is 1. The molecule has 27 heavy (non-hydrogen) atoms. The summed E-state index contributed by atoms with van der Waals surface area (Å²) in [6, 6.07) is 0. The van der Waals surface area contributed by atoms with E-state index in [1.807, 2.05) is 32.6 Å². The Morgan fingerprint density at radius 2 is 1.78 bits per heavy atom. The van der Waals surface area contributed by atoms with Crippen LogP contribution in [0.2, 0.25) is 6.32 Å². The number of amides is 1. The van der Waals surface area contributed by atoms with E-state index in [1.165, 1.54) is 0 Å². The second-order valence-corrected chi connectivity index (χ2v) is 9.62. The second kappa shape index (κ2) is 6.74. The fraction of sp³-hybridized carbons (Fsp3) is 0.895. The van der Waals surface area contributed by atoms with Crippen LogP contribution in [-0.2, 0) is 18.9 Å². The summed E-state index contributed by atoms with van der Waals surface area (Å²) in [4.78, 5) is 25.5. The summed E-state index contributed by atoms with van der Waals surface area (Å²) in [6.45, 7) is 10.9. The number of aliphatic carboxylic acids is 1. The Hall–Kier alpha value is -1.12. The fourth-order valence-corrected chi connectivity index (χ4v) is 5.10. The molecule has 0 aromatic rings. The Morgan fingerprint density at radius 1 is 1.19 bits per heavy atom. The molecule has 3 fully saturated rings. The maximum Gasteiger partial charge on any atom is 0.457 e. The summed E-state index contributed by atoms with van der Waals surface area (Å²) in [5.74, 6) is -0.665. The average Bonchev–Trinajstić information content (AvgIpc) is 3.09. The normalized spacial score (nSPS) is 36.9. The predicted molar refractivity (Wildman–Crippen MR) is 102 cm³/mol. The molecule has 1 saturated carbocycles. The van der Waals surface area contributed by atoms with Crippen molar-refractivity contribution in [3.63, 3.8) is 0 Å². The topological polar surface area (TPSA) is 102 Å². The average molecular weight is 380 g/mol. The molecule has 2 aliphatic heterocycles. The van der Waals surface area contributed by atoms with Crippen LogP contribution in [0.25, 0.3) is 0 Å². The number of nitrogens with two attached hydrogens (primary N) is 1. The van der Waals surface area contributed by atoms with Gasteiger partial charge in [0.1, 0.15) is 5.54 Å². The van der Waals surface area contributed by atoms with E-state index in [-0.39, 0.29) is 42.0 Å². The van der Waals surface area contributed by atoms with Gasteiger partial charge in [0.25, 0.3) is 0 Å². The van der Waals surface area contributed by atoms with Crippen molar-refractivity contribution in [2.45, 2.75) is 76.9 Å². The van der Waals surface area contributed by atoms with Crippen molar-refractivity contribution >= 4 is 19.0 Å². The molecule has 3 N–H and O–H groups in total. The highest BCUT2D eigenvalue weighted by Crippen LogP contribution is 2.49. The van der Waals surface area contributed by atoms with Crippen LogP contribution < -0.4 is 5.73 Å². The minimum Gasteiger partial charge on any atom is -0.480 e. The number of carbonyl (C=O) groups is 2. The highest BCUT2D eigenvalue weighted by molar-refractivity contribution is 6.45. The zero-order chi connectivity index (χ0) is 20.2. The van der Waals surface area contributed by atoms with Gasteiger partial charge in [-0.2, -0.15) is 0 Å². The van der Waals surface area contributed by atoms with E-state index in [2.05, 4.69) is 0 Å². The van der Waals surface area contributed by atoms with E-state index in [1.54, 1.807) is 6.92 Å². The molecule has 8 heteroatoms. The lowest BCUT2D eigenvalue weighted by Gasteiger charge is -2.32. The fourth-order valence-electron chi connectivity index (χ4n) is 5.10. The smallest absolute Gasteiger partial charge is 0.457 e. The van der Waals surface area contributed by atoms with Crippen LogP contribution in [-0.4, -0.2) is 58.8 Å². The molecule has 1 amide bonds. The number of carboxylic acids is 1. The minimum absolute atomic E-state index is 0.0540. The van der Waals surface area contributed by atoms with Gasteiger partial charge >= 0.3 is 13.1 Å². The van der Waals surface area contributed by atoms with Crippen molar-refractivity contribution in [2.75, 3.05) is 13.1 Å². The third-order valence-electron chi connectivity index (χ3n) is 7.37. The first-order valence-electron chi connectivity index (χ1n) is 10.0. The van der Waals surface area contributed by atoms with E-state index in [0.717, 1.165) is 6.42 Å². The van der Waals surface area contributed by atoms with Crippen LogP contribution in [0.4, 0.5) is 0 Å². The molecule has 152 valence electrons. The number of hydrogen-bond acceptors (Lipinski definition) is 5. The van der Waals surface area contributed by atoms with Gasteiger partial charge in [-0.05, 0) is 64.6 Å². The van der Waals surface area contributed by atoms with Crippen LogP contribution in [0.5, 0.6) is 0 Å². The Morgan fingerprint density at radius 3 is 2.30 bits per heavy atom. The van der Waals surface area contributed by atoms with Crippen molar-refractivity contribution in [1.82, 2.24) is 4.90 Å². The van der Waals surface area contributed by atoms with Gasteiger partial charge < -0.3 is 25.0 Å². The molecule has 0 unspecified atom stereocenters. The van der Waals surface area contributed by atoms with E-state index in [4.69, 9.17) is 15.0 Å². The number of carboxylic acid groups (broad SMARTS) is 1. The van der Waals surface area contributed by atoms with Crippen molar-refractivity contribution in [1.29, 1.82) is 0 Å². The first kappa shape index (κ1) is 20.6. The Kier molecular flexibility index (Phi) is 5.15. The lowest BCUT2D eigenvalue weighted by molar-refractivity contribution is -0.145. The van der Waals surface area contributed by atoms with Crippen molar-refractivity contribution in [2.24, 2.45) is 23.5 Å². The summed E-state index contributed by atoms with van der Waals surface area (Å²) in [5.41, 5.74) is 4.45. The highest BCUT2D eigenvalue weighted by Gasteiger charge is 2.58. The number of likely N-dealkylation sites (tertiary alicyclic amines) is 1. The van der Waals surface area contributed by atoms with Crippen LogP contribution in [0.15, 0.2) is 0 Å². The van der Waals surface area contributed by atoms with Gasteiger partial charge in [0.05, 0.1) is 11.2 Å². The maximum atomic E-state index is 11.9. The number of nitrogens with zero attached hydrogens (tertiary/aromatic N) is 1. The monoisotopic (exact) mass is 380 g/mol. The van der Waals surface area contributed by atoms with Crippen LogP contribution in [0.1, 0.15) is 53.9 Å². The number of carbonyl (C=O) groups excluding carboxylic acids is 1. The standard InChI is InChI=1S/C19H33BN2O5/c1-12(23)22-10-13-9-19(21,16(24)25)15(14(13)11-22)7-6-8-20-26-17(2,3)18(4,5)27-20/h13-15H,6-11,21H2,1-5H3,(H,24,25)/t13-,14+,15-,19-/m0/s1. The molecule has 0 bridgehead atoms. The van der Waals surface area contributed by atoms with Crippen molar-refractivity contribution in [3.05, 3.63) is 0 Å². The Labute approximate surface area is 162 Å². The van der Waals surface area contributed by atoms with E-state index in [9.17, 15) is 14.7 Å². The lowest BCUT2D eigenvalue weighted by Crippen LogP contribution is -2.53. The Balaban J connectivity index is 1.63. The van der Waals surface area contributed by atoms with Gasteiger partial charge in [-0.15, -0.1) is 0 Å². The molecule has 3 rings (SSSR count). The highest BCUT2D eigenvalue weighted by atomic mass is 16.7. The number of rotatable bonds is 5. The molecular weight excluding hydrogens is 347 g/mol. The first-order valence-corrected chi connectivity index (χ1v) is 10.0. The van der Waals surface area contributed by atoms with E-state index in [0.29, 0.717) is 32.3 Å². The molecule has 0 spiro atoms. The van der Waals surface area contributed by atoms with Gasteiger partial charge in [-0.25, -0.2) is 0 Å². The molecule has 2 saturated heterocycles.